The van der Waals surface area contributed by atoms with Crippen LogP contribution in [-0.2, 0) is 4.74 Å². The third-order valence-electron chi connectivity index (χ3n) is 4.18. The van der Waals surface area contributed by atoms with Gasteiger partial charge < -0.3 is 10.1 Å². The van der Waals surface area contributed by atoms with E-state index in [4.69, 9.17) is 4.74 Å². The van der Waals surface area contributed by atoms with Gasteiger partial charge in [0, 0.05) is 24.5 Å². The number of nitro groups is 1. The molecular formula is C14H19N3O3S. The molecule has 0 bridgehead atoms. The molecule has 2 aliphatic heterocycles. The number of thioether (sulfide) groups is 1. The Morgan fingerprint density at radius 3 is 3.14 bits per heavy atom. The summed E-state index contributed by atoms with van der Waals surface area (Å²) in [6.07, 6.45) is 4.36. The van der Waals surface area contributed by atoms with Crippen LogP contribution in [0.2, 0.25) is 0 Å². The van der Waals surface area contributed by atoms with Crippen molar-refractivity contribution in [1.29, 1.82) is 0 Å². The number of rotatable bonds is 3. The first-order valence-electron chi connectivity index (χ1n) is 7.17. The first-order valence-corrected chi connectivity index (χ1v) is 8.33. The molecule has 2 aliphatic rings. The molecule has 114 valence electrons. The van der Waals surface area contributed by atoms with E-state index in [2.05, 4.69) is 10.3 Å². The second-order valence-electron chi connectivity index (χ2n) is 5.78. The summed E-state index contributed by atoms with van der Waals surface area (Å²) in [6, 6.07) is 1.89. The second kappa shape index (κ2) is 5.81. The average Bonchev–Trinajstić information content (AvgIpc) is 2.89. The van der Waals surface area contributed by atoms with Crippen LogP contribution in [0.4, 0.5) is 11.5 Å². The summed E-state index contributed by atoms with van der Waals surface area (Å²) in [5, 5.41) is 14.2. The normalized spacial score (nSPS) is 28.7. The van der Waals surface area contributed by atoms with Crippen molar-refractivity contribution in [3.63, 3.8) is 0 Å². The molecule has 2 fully saturated rings. The van der Waals surface area contributed by atoms with Crippen LogP contribution < -0.4 is 5.32 Å². The molecule has 0 aliphatic carbocycles. The number of anilines is 1. The first-order chi connectivity index (χ1) is 10.1. The monoisotopic (exact) mass is 309 g/mol. The van der Waals surface area contributed by atoms with E-state index in [9.17, 15) is 10.1 Å². The molecule has 6 nitrogen and oxygen atoms in total. The molecule has 3 rings (SSSR count). The summed E-state index contributed by atoms with van der Waals surface area (Å²) < 4.78 is 6.00. The number of nitrogens with zero attached hydrogens (tertiary/aromatic N) is 2. The summed E-state index contributed by atoms with van der Waals surface area (Å²) in [5.74, 6) is 2.98. The minimum Gasteiger partial charge on any atom is -0.374 e. The summed E-state index contributed by atoms with van der Waals surface area (Å²) in [7, 11) is 0. The molecule has 1 spiro atoms. The van der Waals surface area contributed by atoms with Gasteiger partial charge >= 0.3 is 0 Å². The number of aromatic nitrogens is 1. The summed E-state index contributed by atoms with van der Waals surface area (Å²) in [6.45, 7) is 2.62. The summed E-state index contributed by atoms with van der Waals surface area (Å²) in [4.78, 5) is 14.5. The second-order valence-corrected chi connectivity index (χ2v) is 6.89. The fourth-order valence-corrected chi connectivity index (χ4v) is 4.40. The third kappa shape index (κ3) is 3.13. The van der Waals surface area contributed by atoms with Crippen molar-refractivity contribution >= 4 is 23.3 Å². The Morgan fingerprint density at radius 1 is 1.62 bits per heavy atom. The number of nitrogens with one attached hydrogen (secondary N) is 1. The van der Waals surface area contributed by atoms with Crippen LogP contribution in [0.5, 0.6) is 0 Å². The molecule has 1 aromatic heterocycles. The Kier molecular flexibility index (Phi) is 4.03. The Balaban J connectivity index is 1.70. The maximum absolute atomic E-state index is 10.8. The van der Waals surface area contributed by atoms with Crippen molar-refractivity contribution in [1.82, 2.24) is 4.98 Å². The van der Waals surface area contributed by atoms with Crippen molar-refractivity contribution in [3.05, 3.63) is 27.9 Å². The Hall–Kier alpha value is -1.34. The molecular weight excluding hydrogens is 290 g/mol. The number of hydrogen-bond acceptors (Lipinski definition) is 6. The Bertz CT molecular complexity index is 546. The highest BCUT2D eigenvalue weighted by Crippen LogP contribution is 2.39. The largest absolute Gasteiger partial charge is 0.374 e. The van der Waals surface area contributed by atoms with Crippen LogP contribution in [-0.4, -0.2) is 39.7 Å². The lowest BCUT2D eigenvalue weighted by Gasteiger charge is -2.38. The van der Waals surface area contributed by atoms with Crippen LogP contribution in [0.25, 0.3) is 0 Å². The predicted molar refractivity (Wildman–Crippen MR) is 82.9 cm³/mol. The molecule has 2 unspecified atom stereocenters. The fourth-order valence-electron chi connectivity index (χ4n) is 3.02. The quantitative estimate of drug-likeness (QED) is 0.683. The van der Waals surface area contributed by atoms with Gasteiger partial charge in [-0.15, -0.1) is 0 Å². The van der Waals surface area contributed by atoms with Gasteiger partial charge in [0.1, 0.15) is 12.0 Å². The minimum absolute atomic E-state index is 0.0231. The van der Waals surface area contributed by atoms with Crippen LogP contribution in [0, 0.1) is 17.0 Å². The Morgan fingerprint density at radius 2 is 2.48 bits per heavy atom. The predicted octanol–water partition coefficient (Wildman–Crippen LogP) is 2.76. The molecule has 1 aromatic rings. The molecule has 21 heavy (non-hydrogen) atoms. The van der Waals surface area contributed by atoms with E-state index in [0.29, 0.717) is 6.04 Å². The maximum atomic E-state index is 10.8. The molecule has 2 atom stereocenters. The van der Waals surface area contributed by atoms with Crippen LogP contribution >= 0.6 is 11.8 Å². The molecule has 7 heteroatoms. The van der Waals surface area contributed by atoms with Gasteiger partial charge in [-0.3, -0.25) is 10.1 Å². The van der Waals surface area contributed by atoms with Crippen LogP contribution in [0.3, 0.4) is 0 Å². The van der Waals surface area contributed by atoms with Gasteiger partial charge in [0.05, 0.1) is 10.5 Å². The average molecular weight is 309 g/mol. The van der Waals surface area contributed by atoms with Crippen molar-refractivity contribution in [3.8, 4) is 0 Å². The minimum atomic E-state index is -0.414. The highest BCUT2D eigenvalue weighted by atomic mass is 32.2. The van der Waals surface area contributed by atoms with E-state index in [-0.39, 0.29) is 11.3 Å². The fraction of sp³-hybridized carbons (Fsp3) is 0.643. The zero-order valence-corrected chi connectivity index (χ0v) is 12.8. The standard InChI is InChI=1S/C14H19N3O3S/c1-10-6-12(17(18)19)8-15-13(10)16-11-2-4-20-14(7-11)3-5-21-9-14/h6,8,11H,2-5,7,9H2,1H3,(H,15,16). The van der Waals surface area contributed by atoms with E-state index < -0.39 is 4.92 Å². The van der Waals surface area contributed by atoms with Gasteiger partial charge in [-0.05, 0) is 37.5 Å². The highest BCUT2D eigenvalue weighted by Gasteiger charge is 2.40. The summed E-state index contributed by atoms with van der Waals surface area (Å²) in [5.41, 5.74) is 0.870. The zero-order chi connectivity index (χ0) is 14.9. The topological polar surface area (TPSA) is 77.3 Å². The van der Waals surface area contributed by atoms with Crippen molar-refractivity contribution in [2.75, 3.05) is 23.4 Å². The zero-order valence-electron chi connectivity index (χ0n) is 12.0. The van der Waals surface area contributed by atoms with Crippen molar-refractivity contribution < 1.29 is 9.66 Å². The molecule has 3 heterocycles. The number of pyridine rings is 1. The molecule has 2 saturated heterocycles. The Labute approximate surface area is 127 Å². The van der Waals surface area contributed by atoms with Crippen molar-refractivity contribution in [2.45, 2.75) is 37.8 Å². The van der Waals surface area contributed by atoms with Crippen LogP contribution in [0.15, 0.2) is 12.3 Å². The van der Waals surface area contributed by atoms with Gasteiger partial charge in [-0.25, -0.2) is 4.98 Å². The number of hydrogen-bond donors (Lipinski definition) is 1. The maximum Gasteiger partial charge on any atom is 0.287 e. The van der Waals surface area contributed by atoms with Gasteiger partial charge in [-0.1, -0.05) is 0 Å². The van der Waals surface area contributed by atoms with Gasteiger partial charge in [0.2, 0.25) is 0 Å². The lowest BCUT2D eigenvalue weighted by Crippen LogP contribution is -2.44. The van der Waals surface area contributed by atoms with Crippen molar-refractivity contribution in [2.24, 2.45) is 0 Å². The summed E-state index contributed by atoms with van der Waals surface area (Å²) >= 11 is 1.95. The number of aryl methyl sites for hydroxylation is 1. The van der Waals surface area contributed by atoms with E-state index in [1.807, 2.05) is 18.7 Å². The lowest BCUT2D eigenvalue weighted by atomic mass is 9.90. The van der Waals surface area contributed by atoms with E-state index in [1.165, 1.54) is 11.9 Å². The van der Waals surface area contributed by atoms with Gasteiger partial charge in [0.15, 0.2) is 0 Å². The van der Waals surface area contributed by atoms with Gasteiger partial charge in [0.25, 0.3) is 5.69 Å². The van der Waals surface area contributed by atoms with Crippen LogP contribution in [0.1, 0.15) is 24.8 Å². The molecule has 0 radical (unpaired) electrons. The highest BCUT2D eigenvalue weighted by molar-refractivity contribution is 7.99. The van der Waals surface area contributed by atoms with E-state index >= 15 is 0 Å². The smallest absolute Gasteiger partial charge is 0.287 e. The first kappa shape index (κ1) is 14.6. The molecule has 0 saturated carbocycles. The van der Waals surface area contributed by atoms with E-state index in [0.717, 1.165) is 43.0 Å². The third-order valence-corrected chi connectivity index (χ3v) is 5.40. The number of ether oxygens (including phenoxy) is 1. The SMILES string of the molecule is Cc1cc([N+](=O)[O-])cnc1NC1CCOC2(CCSC2)C1. The lowest BCUT2D eigenvalue weighted by molar-refractivity contribution is -0.385. The van der Waals surface area contributed by atoms with E-state index in [1.54, 1.807) is 6.07 Å². The molecule has 0 amide bonds. The van der Waals surface area contributed by atoms with Gasteiger partial charge in [-0.2, -0.15) is 11.8 Å². The molecule has 1 N–H and O–H groups in total. The molecule has 0 aromatic carbocycles.